The van der Waals surface area contributed by atoms with E-state index in [2.05, 4.69) is 12.2 Å². The van der Waals surface area contributed by atoms with Crippen LogP contribution in [0, 0.1) is 27.4 Å². The van der Waals surface area contributed by atoms with Crippen molar-refractivity contribution in [3.8, 4) is 6.07 Å². The Bertz CT molecular complexity index is 507. The van der Waals surface area contributed by atoms with Gasteiger partial charge in [-0.3, -0.25) is 10.1 Å². The van der Waals surface area contributed by atoms with Gasteiger partial charge < -0.3 is 5.32 Å². The van der Waals surface area contributed by atoms with Gasteiger partial charge >= 0.3 is 0 Å². The molecule has 1 saturated carbocycles. The molecular weight excluding hydrogens is 230 g/mol. The Hall–Kier alpha value is -2.09. The quantitative estimate of drug-likeness (QED) is 0.638. The molecule has 18 heavy (non-hydrogen) atoms. The number of hydrogen-bond donors (Lipinski definition) is 1. The van der Waals surface area contributed by atoms with Crippen molar-refractivity contribution in [3.05, 3.63) is 33.9 Å². The highest BCUT2D eigenvalue weighted by Crippen LogP contribution is 2.39. The molecule has 0 spiro atoms. The molecule has 5 heteroatoms. The second kappa shape index (κ2) is 5.05. The maximum Gasteiger partial charge on any atom is 0.292 e. The summed E-state index contributed by atoms with van der Waals surface area (Å²) in [6, 6.07) is 6.73. The van der Waals surface area contributed by atoms with Gasteiger partial charge in [0.2, 0.25) is 0 Å². The van der Waals surface area contributed by atoms with Crippen LogP contribution in [0.25, 0.3) is 0 Å². The lowest BCUT2D eigenvalue weighted by Gasteiger charge is -2.06. The molecule has 0 heterocycles. The molecule has 1 aliphatic rings. The number of nitro benzene ring substituents is 1. The van der Waals surface area contributed by atoms with Gasteiger partial charge in [0.15, 0.2) is 0 Å². The van der Waals surface area contributed by atoms with Crippen molar-refractivity contribution in [2.24, 2.45) is 5.92 Å². The molecule has 1 aromatic carbocycles. The summed E-state index contributed by atoms with van der Waals surface area (Å²) >= 11 is 0. The fourth-order valence-electron chi connectivity index (χ4n) is 2.19. The van der Waals surface area contributed by atoms with Crippen molar-refractivity contribution < 1.29 is 4.92 Å². The molecule has 94 valence electrons. The molecule has 1 aliphatic carbocycles. The zero-order chi connectivity index (χ0) is 13.1. The van der Waals surface area contributed by atoms with Crippen molar-refractivity contribution in [1.29, 1.82) is 5.26 Å². The van der Waals surface area contributed by atoms with Crippen LogP contribution in [0.4, 0.5) is 11.4 Å². The fraction of sp³-hybridized carbons (Fsp3) is 0.462. The Labute approximate surface area is 106 Å². The number of hydrogen-bond acceptors (Lipinski definition) is 4. The molecule has 5 nitrogen and oxygen atoms in total. The third kappa shape index (κ3) is 2.59. The van der Waals surface area contributed by atoms with Crippen LogP contribution in [-0.2, 0) is 0 Å². The average molecular weight is 245 g/mol. The fourth-order valence-corrected chi connectivity index (χ4v) is 2.19. The summed E-state index contributed by atoms with van der Waals surface area (Å²) in [6.07, 6.45) is 3.33. The van der Waals surface area contributed by atoms with E-state index in [9.17, 15) is 10.1 Å². The number of nitrogens with one attached hydrogen (secondary N) is 1. The molecule has 0 aromatic heterocycles. The minimum absolute atomic E-state index is 0.0381. The van der Waals surface area contributed by atoms with Crippen LogP contribution in [0.5, 0.6) is 0 Å². The summed E-state index contributed by atoms with van der Waals surface area (Å²) in [5.74, 6) is 0.611. The Morgan fingerprint density at radius 3 is 3.00 bits per heavy atom. The van der Waals surface area contributed by atoms with Crippen LogP contribution in [-0.4, -0.2) is 11.0 Å². The summed E-state index contributed by atoms with van der Waals surface area (Å²) in [5.41, 5.74) is 0.939. The number of rotatable bonds is 5. The van der Waals surface area contributed by atoms with Gasteiger partial charge in [-0.2, -0.15) is 5.26 Å². The summed E-state index contributed by atoms with van der Waals surface area (Å²) < 4.78 is 0. The van der Waals surface area contributed by atoms with E-state index in [0.29, 0.717) is 23.2 Å². The van der Waals surface area contributed by atoms with Crippen LogP contribution in [0.1, 0.15) is 31.7 Å². The Balaban J connectivity index is 2.15. The molecule has 2 rings (SSSR count). The smallest absolute Gasteiger partial charge is 0.292 e. The highest BCUT2D eigenvalue weighted by molar-refractivity contribution is 5.65. The molecule has 1 aromatic rings. The normalized spacial score (nSPS) is 21.1. The maximum absolute atomic E-state index is 10.9. The number of nitro groups is 1. The van der Waals surface area contributed by atoms with Crippen molar-refractivity contribution in [1.82, 2.24) is 0 Å². The van der Waals surface area contributed by atoms with Gasteiger partial charge in [-0.05, 0) is 30.9 Å². The third-order valence-corrected chi connectivity index (χ3v) is 3.25. The largest absolute Gasteiger partial charge is 0.376 e. The SMILES string of the molecule is CCCC1CC1Nc1cc(C#N)ccc1[N+](=O)[O-]. The first-order valence-electron chi connectivity index (χ1n) is 6.10. The number of nitriles is 1. The van der Waals surface area contributed by atoms with E-state index in [1.165, 1.54) is 12.1 Å². The van der Waals surface area contributed by atoms with Gasteiger partial charge in [0.1, 0.15) is 5.69 Å². The first-order valence-corrected chi connectivity index (χ1v) is 6.10. The first-order chi connectivity index (χ1) is 8.65. The van der Waals surface area contributed by atoms with Gasteiger partial charge in [0.05, 0.1) is 16.6 Å². The van der Waals surface area contributed by atoms with Crippen molar-refractivity contribution in [3.63, 3.8) is 0 Å². The Morgan fingerprint density at radius 1 is 1.61 bits per heavy atom. The zero-order valence-corrected chi connectivity index (χ0v) is 10.2. The standard InChI is InChI=1S/C13H15N3O2/c1-2-3-10-7-11(10)15-12-6-9(8-14)4-5-13(12)16(17)18/h4-6,10-11,15H,2-3,7H2,1H3. The molecule has 2 atom stereocenters. The van der Waals surface area contributed by atoms with Crippen LogP contribution in [0.15, 0.2) is 18.2 Å². The van der Waals surface area contributed by atoms with Crippen LogP contribution >= 0.6 is 0 Å². The first kappa shape index (κ1) is 12.4. The minimum atomic E-state index is -0.416. The maximum atomic E-state index is 10.9. The molecule has 1 N–H and O–H groups in total. The van der Waals surface area contributed by atoms with Crippen LogP contribution in [0.3, 0.4) is 0 Å². The van der Waals surface area contributed by atoms with E-state index >= 15 is 0 Å². The van der Waals surface area contributed by atoms with E-state index in [4.69, 9.17) is 5.26 Å². The van der Waals surface area contributed by atoms with Gasteiger partial charge in [0, 0.05) is 12.1 Å². The number of benzene rings is 1. The Kier molecular flexibility index (Phi) is 3.47. The molecular formula is C13H15N3O2. The van der Waals surface area contributed by atoms with E-state index in [0.717, 1.165) is 19.3 Å². The predicted octanol–water partition coefficient (Wildman–Crippen LogP) is 3.07. The highest BCUT2D eigenvalue weighted by Gasteiger charge is 2.37. The van der Waals surface area contributed by atoms with E-state index in [1.807, 2.05) is 6.07 Å². The second-order valence-corrected chi connectivity index (χ2v) is 4.64. The monoisotopic (exact) mass is 245 g/mol. The summed E-state index contributed by atoms with van der Waals surface area (Å²) in [7, 11) is 0. The second-order valence-electron chi connectivity index (χ2n) is 4.64. The van der Waals surface area contributed by atoms with Crippen molar-refractivity contribution >= 4 is 11.4 Å². The molecule has 0 aliphatic heterocycles. The van der Waals surface area contributed by atoms with Gasteiger partial charge in [-0.25, -0.2) is 0 Å². The van der Waals surface area contributed by atoms with Gasteiger partial charge in [0.25, 0.3) is 5.69 Å². The number of nitrogens with zero attached hydrogens (tertiary/aromatic N) is 2. The number of anilines is 1. The predicted molar refractivity (Wildman–Crippen MR) is 68.2 cm³/mol. The lowest BCUT2D eigenvalue weighted by atomic mass is 10.2. The minimum Gasteiger partial charge on any atom is -0.376 e. The summed E-state index contributed by atoms with van der Waals surface area (Å²) in [4.78, 5) is 10.5. The van der Waals surface area contributed by atoms with Crippen molar-refractivity contribution in [2.75, 3.05) is 5.32 Å². The van der Waals surface area contributed by atoms with Crippen molar-refractivity contribution in [2.45, 2.75) is 32.2 Å². The van der Waals surface area contributed by atoms with E-state index in [1.54, 1.807) is 6.07 Å². The Morgan fingerprint density at radius 2 is 2.39 bits per heavy atom. The summed E-state index contributed by atoms with van der Waals surface area (Å²) in [5, 5.41) is 22.9. The average Bonchev–Trinajstić information content (AvgIpc) is 3.07. The molecule has 0 saturated heterocycles. The molecule has 2 unspecified atom stereocenters. The lowest BCUT2D eigenvalue weighted by Crippen LogP contribution is -2.07. The highest BCUT2D eigenvalue weighted by atomic mass is 16.6. The summed E-state index contributed by atoms with van der Waals surface area (Å²) in [6.45, 7) is 2.13. The zero-order valence-electron chi connectivity index (χ0n) is 10.2. The molecule has 0 radical (unpaired) electrons. The van der Waals surface area contributed by atoms with Crippen LogP contribution < -0.4 is 5.32 Å². The van der Waals surface area contributed by atoms with Crippen LogP contribution in [0.2, 0.25) is 0 Å². The molecule has 0 bridgehead atoms. The molecule has 0 amide bonds. The van der Waals surface area contributed by atoms with Gasteiger partial charge in [-0.15, -0.1) is 0 Å². The van der Waals surface area contributed by atoms with E-state index < -0.39 is 4.92 Å². The topological polar surface area (TPSA) is 79.0 Å². The lowest BCUT2D eigenvalue weighted by molar-refractivity contribution is -0.384. The molecule has 1 fully saturated rings. The van der Waals surface area contributed by atoms with E-state index in [-0.39, 0.29) is 5.69 Å². The third-order valence-electron chi connectivity index (χ3n) is 3.25. The van der Waals surface area contributed by atoms with Gasteiger partial charge in [-0.1, -0.05) is 13.3 Å².